The molecule has 0 amide bonds. The number of para-hydroxylation sites is 1. The van der Waals surface area contributed by atoms with E-state index in [9.17, 15) is 9.18 Å². The molecule has 4 nitrogen and oxygen atoms in total. The SMILES string of the molecule is CC(Sc1nc2ccccc2c(=O)n1CC1CCCO1)c1ccc(F)cc1. The Bertz CT molecular complexity index is 997. The first-order valence-corrected chi connectivity index (χ1v) is 10.0. The molecule has 27 heavy (non-hydrogen) atoms. The Morgan fingerprint density at radius 3 is 2.78 bits per heavy atom. The highest BCUT2D eigenvalue weighted by atomic mass is 32.2. The second-order valence-electron chi connectivity index (χ2n) is 6.77. The molecule has 0 bridgehead atoms. The van der Waals surface area contributed by atoms with Gasteiger partial charge in [0, 0.05) is 11.9 Å². The van der Waals surface area contributed by atoms with Crippen molar-refractivity contribution in [1.29, 1.82) is 0 Å². The first-order valence-electron chi connectivity index (χ1n) is 9.15. The lowest BCUT2D eigenvalue weighted by molar-refractivity contribution is 0.0937. The third kappa shape index (κ3) is 3.92. The fraction of sp³-hybridized carbons (Fsp3) is 0.333. The maximum atomic E-state index is 13.2. The highest BCUT2D eigenvalue weighted by molar-refractivity contribution is 7.99. The lowest BCUT2D eigenvalue weighted by atomic mass is 10.2. The predicted octanol–water partition coefficient (Wildman–Crippen LogP) is 4.57. The zero-order chi connectivity index (χ0) is 18.8. The van der Waals surface area contributed by atoms with Crippen molar-refractivity contribution in [2.75, 3.05) is 6.61 Å². The van der Waals surface area contributed by atoms with E-state index in [4.69, 9.17) is 9.72 Å². The van der Waals surface area contributed by atoms with Gasteiger partial charge in [-0.3, -0.25) is 9.36 Å². The first kappa shape index (κ1) is 18.2. The van der Waals surface area contributed by atoms with Crippen LogP contribution in [-0.2, 0) is 11.3 Å². The molecule has 1 aliphatic rings. The van der Waals surface area contributed by atoms with Crippen molar-refractivity contribution in [2.45, 2.75) is 42.8 Å². The summed E-state index contributed by atoms with van der Waals surface area (Å²) in [5.74, 6) is -0.255. The maximum absolute atomic E-state index is 13.2. The van der Waals surface area contributed by atoms with Crippen LogP contribution in [0.3, 0.4) is 0 Å². The third-order valence-corrected chi connectivity index (χ3v) is 6.01. The van der Waals surface area contributed by atoms with Crippen LogP contribution in [0.1, 0.15) is 30.6 Å². The number of aromatic nitrogens is 2. The van der Waals surface area contributed by atoms with Crippen molar-refractivity contribution >= 4 is 22.7 Å². The number of rotatable bonds is 5. The molecule has 1 aromatic heterocycles. The molecule has 0 saturated carbocycles. The number of halogens is 1. The Labute approximate surface area is 161 Å². The minimum Gasteiger partial charge on any atom is -0.376 e. The molecule has 140 valence electrons. The number of benzene rings is 2. The fourth-order valence-corrected chi connectivity index (χ4v) is 4.40. The summed E-state index contributed by atoms with van der Waals surface area (Å²) in [7, 11) is 0. The van der Waals surface area contributed by atoms with E-state index in [1.807, 2.05) is 31.2 Å². The van der Waals surface area contributed by atoms with E-state index in [2.05, 4.69) is 0 Å². The number of ether oxygens (including phenoxy) is 1. The number of hydrogen-bond acceptors (Lipinski definition) is 4. The molecule has 0 N–H and O–H groups in total. The van der Waals surface area contributed by atoms with E-state index in [1.165, 1.54) is 23.9 Å². The van der Waals surface area contributed by atoms with Gasteiger partial charge in [-0.2, -0.15) is 0 Å². The summed E-state index contributed by atoms with van der Waals surface area (Å²) in [5, 5.41) is 1.33. The van der Waals surface area contributed by atoms with Crippen molar-refractivity contribution in [3.8, 4) is 0 Å². The standard InChI is InChI=1S/C21H21FN2O2S/c1-14(15-8-10-16(22)11-9-15)27-21-23-19-7-3-2-6-18(19)20(25)24(21)13-17-5-4-12-26-17/h2-3,6-11,14,17H,4-5,12-13H2,1H3. The average molecular weight is 384 g/mol. The van der Waals surface area contributed by atoms with E-state index < -0.39 is 0 Å². The molecule has 0 aliphatic carbocycles. The van der Waals surface area contributed by atoms with Crippen LogP contribution in [0.5, 0.6) is 0 Å². The van der Waals surface area contributed by atoms with E-state index in [0.29, 0.717) is 22.6 Å². The summed E-state index contributed by atoms with van der Waals surface area (Å²) in [4.78, 5) is 17.9. The molecule has 0 radical (unpaired) electrons. The van der Waals surface area contributed by atoms with Gasteiger partial charge in [0.05, 0.1) is 23.6 Å². The minimum absolute atomic E-state index is 0.0365. The molecular formula is C21H21FN2O2S. The van der Waals surface area contributed by atoms with Crippen LogP contribution in [0.4, 0.5) is 4.39 Å². The lowest BCUT2D eigenvalue weighted by Gasteiger charge is -2.19. The highest BCUT2D eigenvalue weighted by Crippen LogP contribution is 2.34. The van der Waals surface area contributed by atoms with Gasteiger partial charge in [-0.15, -0.1) is 0 Å². The van der Waals surface area contributed by atoms with Crippen LogP contribution in [-0.4, -0.2) is 22.3 Å². The zero-order valence-electron chi connectivity index (χ0n) is 15.1. The predicted molar refractivity (Wildman–Crippen MR) is 106 cm³/mol. The maximum Gasteiger partial charge on any atom is 0.262 e. The van der Waals surface area contributed by atoms with Crippen molar-refractivity contribution in [1.82, 2.24) is 9.55 Å². The Balaban J connectivity index is 1.72. The Kier molecular flexibility index (Phi) is 5.27. The molecule has 2 heterocycles. The summed E-state index contributed by atoms with van der Waals surface area (Å²) in [6, 6.07) is 13.9. The summed E-state index contributed by atoms with van der Waals surface area (Å²) in [6.07, 6.45) is 2.03. The number of nitrogens with zero attached hydrogens (tertiary/aromatic N) is 2. The van der Waals surface area contributed by atoms with Crippen LogP contribution < -0.4 is 5.56 Å². The quantitative estimate of drug-likeness (QED) is 0.478. The topological polar surface area (TPSA) is 44.1 Å². The molecule has 0 spiro atoms. The molecule has 2 unspecified atom stereocenters. The molecule has 1 aliphatic heterocycles. The Hall–Kier alpha value is -2.18. The van der Waals surface area contributed by atoms with Gasteiger partial charge in [0.15, 0.2) is 5.16 Å². The van der Waals surface area contributed by atoms with Gasteiger partial charge in [0.2, 0.25) is 0 Å². The van der Waals surface area contributed by atoms with Crippen LogP contribution in [0.25, 0.3) is 10.9 Å². The van der Waals surface area contributed by atoms with E-state index in [0.717, 1.165) is 25.0 Å². The van der Waals surface area contributed by atoms with Crippen molar-refractivity contribution in [2.24, 2.45) is 0 Å². The van der Waals surface area contributed by atoms with Gasteiger partial charge in [0.1, 0.15) is 5.82 Å². The normalized spacial score (nSPS) is 18.1. The number of fused-ring (bicyclic) bond motifs is 1. The monoisotopic (exact) mass is 384 g/mol. The lowest BCUT2D eigenvalue weighted by Crippen LogP contribution is -2.29. The molecule has 6 heteroatoms. The summed E-state index contributed by atoms with van der Waals surface area (Å²) < 4.78 is 20.7. The summed E-state index contributed by atoms with van der Waals surface area (Å²) >= 11 is 1.52. The van der Waals surface area contributed by atoms with Gasteiger partial charge >= 0.3 is 0 Å². The van der Waals surface area contributed by atoms with Gasteiger partial charge in [-0.05, 0) is 49.6 Å². The smallest absolute Gasteiger partial charge is 0.262 e. The molecule has 1 fully saturated rings. The Morgan fingerprint density at radius 1 is 1.26 bits per heavy atom. The molecule has 2 atom stereocenters. The molecule has 2 aromatic carbocycles. The largest absolute Gasteiger partial charge is 0.376 e. The second kappa shape index (κ2) is 7.82. The van der Waals surface area contributed by atoms with Crippen LogP contribution >= 0.6 is 11.8 Å². The fourth-order valence-electron chi connectivity index (χ4n) is 3.35. The van der Waals surface area contributed by atoms with Gasteiger partial charge < -0.3 is 4.74 Å². The molecule has 3 aromatic rings. The van der Waals surface area contributed by atoms with Gasteiger partial charge in [-0.25, -0.2) is 9.37 Å². The first-order chi connectivity index (χ1) is 13.1. The van der Waals surface area contributed by atoms with E-state index >= 15 is 0 Å². The van der Waals surface area contributed by atoms with Crippen molar-refractivity contribution < 1.29 is 9.13 Å². The second-order valence-corrected chi connectivity index (χ2v) is 8.08. The molecular weight excluding hydrogens is 363 g/mol. The van der Waals surface area contributed by atoms with Gasteiger partial charge in [-0.1, -0.05) is 36.0 Å². The van der Waals surface area contributed by atoms with Crippen LogP contribution in [0, 0.1) is 5.82 Å². The number of thioether (sulfide) groups is 1. The van der Waals surface area contributed by atoms with Gasteiger partial charge in [0.25, 0.3) is 5.56 Å². The molecule has 1 saturated heterocycles. The van der Waals surface area contributed by atoms with E-state index in [1.54, 1.807) is 16.7 Å². The summed E-state index contributed by atoms with van der Waals surface area (Å²) in [6.45, 7) is 3.29. The average Bonchev–Trinajstić information content (AvgIpc) is 3.18. The third-order valence-electron chi connectivity index (χ3n) is 4.86. The Morgan fingerprint density at radius 2 is 2.04 bits per heavy atom. The van der Waals surface area contributed by atoms with Crippen molar-refractivity contribution in [3.63, 3.8) is 0 Å². The van der Waals surface area contributed by atoms with Crippen molar-refractivity contribution in [3.05, 3.63) is 70.3 Å². The van der Waals surface area contributed by atoms with E-state index in [-0.39, 0.29) is 22.7 Å². The highest BCUT2D eigenvalue weighted by Gasteiger charge is 2.21. The molecule has 4 rings (SSSR count). The number of hydrogen-bond donors (Lipinski definition) is 0. The van der Waals surface area contributed by atoms with Crippen LogP contribution in [0.15, 0.2) is 58.5 Å². The van der Waals surface area contributed by atoms with Crippen LogP contribution in [0.2, 0.25) is 0 Å². The minimum atomic E-state index is -0.255. The summed E-state index contributed by atoms with van der Waals surface area (Å²) in [5.41, 5.74) is 1.65. The zero-order valence-corrected chi connectivity index (χ0v) is 15.9.